The summed E-state index contributed by atoms with van der Waals surface area (Å²) < 4.78 is 5.30. The van der Waals surface area contributed by atoms with Crippen molar-refractivity contribution in [3.63, 3.8) is 0 Å². The second-order valence-electron chi connectivity index (χ2n) is 7.19. The third-order valence-electron chi connectivity index (χ3n) is 5.00. The smallest absolute Gasteiger partial charge is 0.321 e. The number of amides is 3. The zero-order chi connectivity index (χ0) is 21.5. The minimum Gasteiger partial charge on any atom is -0.495 e. The fourth-order valence-corrected chi connectivity index (χ4v) is 3.54. The van der Waals surface area contributed by atoms with Gasteiger partial charge in [0.05, 0.1) is 12.8 Å². The molecule has 0 saturated carbocycles. The van der Waals surface area contributed by atoms with Gasteiger partial charge in [-0.2, -0.15) is 0 Å². The third-order valence-corrected chi connectivity index (χ3v) is 5.24. The van der Waals surface area contributed by atoms with Crippen LogP contribution in [0.3, 0.4) is 0 Å². The Morgan fingerprint density at radius 1 is 1.07 bits per heavy atom. The van der Waals surface area contributed by atoms with Crippen LogP contribution in [0.1, 0.15) is 12.0 Å². The van der Waals surface area contributed by atoms with Crippen molar-refractivity contribution in [3.05, 3.63) is 53.1 Å². The van der Waals surface area contributed by atoms with Crippen LogP contribution in [0.5, 0.6) is 5.75 Å². The molecule has 0 atom stereocenters. The normalized spacial score (nSPS) is 13.7. The molecule has 1 aliphatic heterocycles. The van der Waals surface area contributed by atoms with Gasteiger partial charge in [-0.15, -0.1) is 0 Å². The van der Waals surface area contributed by atoms with Gasteiger partial charge in [0.2, 0.25) is 5.91 Å². The lowest BCUT2D eigenvalue weighted by Gasteiger charge is -2.34. The molecule has 7 nitrogen and oxygen atoms in total. The molecule has 8 heteroatoms. The predicted molar refractivity (Wildman–Crippen MR) is 119 cm³/mol. The zero-order valence-electron chi connectivity index (χ0n) is 17.3. The maximum absolute atomic E-state index is 12.5. The first-order chi connectivity index (χ1) is 14.5. The van der Waals surface area contributed by atoms with E-state index in [0.717, 1.165) is 16.9 Å². The molecule has 2 aromatic carbocycles. The molecule has 2 N–H and O–H groups in total. The van der Waals surface area contributed by atoms with Crippen molar-refractivity contribution in [3.8, 4) is 5.75 Å². The largest absolute Gasteiger partial charge is 0.495 e. The molecular formula is C22H27ClN4O3. The highest BCUT2D eigenvalue weighted by Crippen LogP contribution is 2.27. The van der Waals surface area contributed by atoms with Gasteiger partial charge in [0.25, 0.3) is 0 Å². The number of benzene rings is 2. The van der Waals surface area contributed by atoms with Crippen LogP contribution < -0.4 is 15.4 Å². The molecular weight excluding hydrogens is 404 g/mol. The Bertz CT molecular complexity index is 898. The molecule has 1 heterocycles. The summed E-state index contributed by atoms with van der Waals surface area (Å²) in [4.78, 5) is 28.5. The summed E-state index contributed by atoms with van der Waals surface area (Å²) in [6, 6.07) is 12.9. The average Bonchev–Trinajstić information content (AvgIpc) is 2.74. The Labute approximate surface area is 181 Å². The van der Waals surface area contributed by atoms with Crippen LogP contribution in [-0.2, 0) is 4.79 Å². The summed E-state index contributed by atoms with van der Waals surface area (Å²) in [5, 5.41) is 6.72. The van der Waals surface area contributed by atoms with Crippen LogP contribution in [0.4, 0.5) is 16.2 Å². The molecule has 160 valence electrons. The highest BCUT2D eigenvalue weighted by atomic mass is 35.5. The number of carbonyl (C=O) groups is 2. The molecule has 30 heavy (non-hydrogen) atoms. The number of piperazine rings is 1. The zero-order valence-corrected chi connectivity index (χ0v) is 18.0. The summed E-state index contributed by atoms with van der Waals surface area (Å²) >= 11 is 6.03. The quantitative estimate of drug-likeness (QED) is 0.730. The van der Waals surface area contributed by atoms with E-state index in [1.165, 1.54) is 0 Å². The maximum Gasteiger partial charge on any atom is 0.321 e. The second kappa shape index (κ2) is 10.2. The number of carbonyl (C=O) groups excluding carboxylic acids is 2. The number of hydrogen-bond donors (Lipinski definition) is 2. The SMILES string of the molecule is COc1ccc(Cl)cc1NCCC(=O)N1CCN(C(=O)Nc2cccc(C)c2)CC1. The van der Waals surface area contributed by atoms with Gasteiger partial charge in [-0.1, -0.05) is 23.7 Å². The Kier molecular flexibility index (Phi) is 7.41. The monoisotopic (exact) mass is 430 g/mol. The van der Waals surface area contributed by atoms with Gasteiger partial charge in [0.15, 0.2) is 0 Å². The highest BCUT2D eigenvalue weighted by Gasteiger charge is 2.24. The summed E-state index contributed by atoms with van der Waals surface area (Å²) in [6.45, 7) is 4.54. The van der Waals surface area contributed by atoms with E-state index in [1.807, 2.05) is 31.2 Å². The van der Waals surface area contributed by atoms with E-state index < -0.39 is 0 Å². The van der Waals surface area contributed by atoms with Crippen molar-refractivity contribution < 1.29 is 14.3 Å². The van der Waals surface area contributed by atoms with Crippen molar-refractivity contribution in [2.75, 3.05) is 50.5 Å². The lowest BCUT2D eigenvalue weighted by atomic mass is 10.2. The van der Waals surface area contributed by atoms with Crippen LogP contribution in [0, 0.1) is 6.92 Å². The number of hydrogen-bond acceptors (Lipinski definition) is 4. The fraction of sp³-hybridized carbons (Fsp3) is 0.364. The number of ether oxygens (including phenoxy) is 1. The van der Waals surface area contributed by atoms with E-state index in [9.17, 15) is 9.59 Å². The molecule has 0 bridgehead atoms. The molecule has 0 aromatic heterocycles. The maximum atomic E-state index is 12.5. The van der Waals surface area contributed by atoms with E-state index in [1.54, 1.807) is 35.1 Å². The van der Waals surface area contributed by atoms with Crippen LogP contribution in [0.2, 0.25) is 5.02 Å². The molecule has 3 rings (SSSR count). The molecule has 3 amide bonds. The van der Waals surface area contributed by atoms with Gasteiger partial charge in [-0.05, 0) is 42.8 Å². The first-order valence-corrected chi connectivity index (χ1v) is 10.3. The van der Waals surface area contributed by atoms with Crippen LogP contribution in [0.15, 0.2) is 42.5 Å². The fourth-order valence-electron chi connectivity index (χ4n) is 3.36. The van der Waals surface area contributed by atoms with Gasteiger partial charge < -0.3 is 25.2 Å². The number of aryl methyl sites for hydroxylation is 1. The van der Waals surface area contributed by atoms with Gasteiger partial charge >= 0.3 is 6.03 Å². The number of rotatable bonds is 6. The molecule has 1 fully saturated rings. The van der Waals surface area contributed by atoms with Gasteiger partial charge in [-0.3, -0.25) is 4.79 Å². The van der Waals surface area contributed by atoms with Crippen molar-refractivity contribution in [2.24, 2.45) is 0 Å². The second-order valence-corrected chi connectivity index (χ2v) is 7.63. The molecule has 2 aromatic rings. The number of nitrogens with one attached hydrogen (secondary N) is 2. The first-order valence-electron chi connectivity index (χ1n) is 9.94. The Balaban J connectivity index is 1.43. The van der Waals surface area contributed by atoms with Gasteiger partial charge in [0.1, 0.15) is 5.75 Å². The molecule has 0 aliphatic carbocycles. The summed E-state index contributed by atoms with van der Waals surface area (Å²) in [5.74, 6) is 0.738. The Morgan fingerprint density at radius 3 is 2.50 bits per heavy atom. The van der Waals surface area contributed by atoms with Gasteiger partial charge in [0, 0.05) is 49.9 Å². The molecule has 0 unspecified atom stereocenters. The Morgan fingerprint density at radius 2 is 1.80 bits per heavy atom. The van der Waals surface area contributed by atoms with Crippen LogP contribution in [-0.4, -0.2) is 61.6 Å². The standard InChI is InChI=1S/C22H27ClN4O3/c1-16-4-3-5-18(14-16)25-22(29)27-12-10-26(11-13-27)21(28)8-9-24-19-15-17(23)6-7-20(19)30-2/h3-7,14-15,24H,8-13H2,1-2H3,(H,25,29). The first kappa shape index (κ1) is 21.8. The summed E-state index contributed by atoms with van der Waals surface area (Å²) in [6.07, 6.45) is 0.352. The minimum absolute atomic E-state index is 0.0576. The van der Waals surface area contributed by atoms with Crippen LogP contribution in [0.25, 0.3) is 0 Å². The number of urea groups is 1. The minimum atomic E-state index is -0.137. The molecule has 0 spiro atoms. The van der Waals surface area contributed by atoms with E-state index in [4.69, 9.17) is 16.3 Å². The van der Waals surface area contributed by atoms with Crippen molar-refractivity contribution >= 4 is 34.9 Å². The number of halogens is 1. The van der Waals surface area contributed by atoms with E-state index in [-0.39, 0.29) is 11.9 Å². The number of nitrogens with zero attached hydrogens (tertiary/aromatic N) is 2. The van der Waals surface area contributed by atoms with Crippen molar-refractivity contribution in [1.29, 1.82) is 0 Å². The summed E-state index contributed by atoms with van der Waals surface area (Å²) in [7, 11) is 1.59. The topological polar surface area (TPSA) is 73.9 Å². The van der Waals surface area contributed by atoms with E-state index >= 15 is 0 Å². The average molecular weight is 431 g/mol. The lowest BCUT2D eigenvalue weighted by molar-refractivity contribution is -0.132. The van der Waals surface area contributed by atoms with E-state index in [2.05, 4.69) is 10.6 Å². The van der Waals surface area contributed by atoms with Crippen LogP contribution >= 0.6 is 11.6 Å². The highest BCUT2D eigenvalue weighted by molar-refractivity contribution is 6.30. The molecule has 1 saturated heterocycles. The lowest BCUT2D eigenvalue weighted by Crippen LogP contribution is -2.51. The van der Waals surface area contributed by atoms with Crippen molar-refractivity contribution in [1.82, 2.24) is 9.80 Å². The van der Waals surface area contributed by atoms with Crippen molar-refractivity contribution in [2.45, 2.75) is 13.3 Å². The Hall–Kier alpha value is -2.93. The number of anilines is 2. The third kappa shape index (κ3) is 5.79. The predicted octanol–water partition coefficient (Wildman–Crippen LogP) is 3.84. The summed E-state index contributed by atoms with van der Waals surface area (Å²) in [5.41, 5.74) is 2.63. The van der Waals surface area contributed by atoms with Gasteiger partial charge in [-0.25, -0.2) is 4.79 Å². The molecule has 0 radical (unpaired) electrons. The van der Waals surface area contributed by atoms with E-state index in [0.29, 0.717) is 49.9 Å². The molecule has 1 aliphatic rings. The number of methoxy groups -OCH3 is 1.